The van der Waals surface area contributed by atoms with Gasteiger partial charge in [0.15, 0.2) is 11.5 Å². The molecule has 1 aromatic rings. The molecule has 1 N–H and O–H groups in total. The fourth-order valence-corrected chi connectivity index (χ4v) is 1.88. The molecule has 0 aliphatic heterocycles. The molecule has 0 bridgehead atoms. The van der Waals surface area contributed by atoms with Crippen LogP contribution in [-0.4, -0.2) is 25.3 Å². The van der Waals surface area contributed by atoms with E-state index in [1.165, 1.54) is 0 Å². The maximum absolute atomic E-state index is 11.2. The highest BCUT2D eigenvalue weighted by Gasteiger charge is 2.51. The molecule has 0 saturated heterocycles. The van der Waals surface area contributed by atoms with Crippen LogP contribution in [0, 0.1) is 0 Å². The Bertz CT molecular complexity index is 422. The SMILES string of the molecule is CC.COc1ccc(C2(C(=O)O)CC2)cc1OC. The van der Waals surface area contributed by atoms with Gasteiger partial charge in [0.05, 0.1) is 19.6 Å². The molecule has 0 amide bonds. The average molecular weight is 252 g/mol. The molecule has 0 unspecified atom stereocenters. The summed E-state index contributed by atoms with van der Waals surface area (Å²) >= 11 is 0. The fourth-order valence-electron chi connectivity index (χ4n) is 1.88. The molecule has 0 spiro atoms. The number of carboxylic acids is 1. The van der Waals surface area contributed by atoms with Gasteiger partial charge in [0.2, 0.25) is 0 Å². The second-order valence-corrected chi connectivity index (χ2v) is 3.96. The number of methoxy groups -OCH3 is 2. The Kier molecular flexibility index (Phi) is 4.59. The van der Waals surface area contributed by atoms with Crippen LogP contribution in [0.5, 0.6) is 11.5 Å². The van der Waals surface area contributed by atoms with Gasteiger partial charge in [-0.25, -0.2) is 0 Å². The van der Waals surface area contributed by atoms with Gasteiger partial charge in [0.25, 0.3) is 0 Å². The lowest BCUT2D eigenvalue weighted by Crippen LogP contribution is -2.19. The molecule has 2 rings (SSSR count). The molecule has 1 fully saturated rings. The van der Waals surface area contributed by atoms with Crippen molar-refractivity contribution < 1.29 is 19.4 Å². The molecule has 4 heteroatoms. The predicted octanol–water partition coefficient (Wildman–Crippen LogP) is 2.85. The van der Waals surface area contributed by atoms with Crippen LogP contribution in [-0.2, 0) is 10.2 Å². The van der Waals surface area contributed by atoms with E-state index in [-0.39, 0.29) is 0 Å². The van der Waals surface area contributed by atoms with Crippen LogP contribution in [0.2, 0.25) is 0 Å². The van der Waals surface area contributed by atoms with Gasteiger partial charge in [0, 0.05) is 0 Å². The summed E-state index contributed by atoms with van der Waals surface area (Å²) in [6.07, 6.45) is 1.38. The summed E-state index contributed by atoms with van der Waals surface area (Å²) < 4.78 is 10.3. The van der Waals surface area contributed by atoms with E-state index in [1.807, 2.05) is 13.8 Å². The minimum atomic E-state index is -0.764. The van der Waals surface area contributed by atoms with Gasteiger partial charge in [0.1, 0.15) is 0 Å². The number of rotatable bonds is 4. The third-order valence-electron chi connectivity index (χ3n) is 3.10. The van der Waals surface area contributed by atoms with E-state index in [2.05, 4.69) is 0 Å². The van der Waals surface area contributed by atoms with E-state index in [4.69, 9.17) is 9.47 Å². The Morgan fingerprint density at radius 2 is 1.72 bits per heavy atom. The smallest absolute Gasteiger partial charge is 0.314 e. The van der Waals surface area contributed by atoms with E-state index >= 15 is 0 Å². The Labute approximate surface area is 108 Å². The molecular formula is C14H20O4. The van der Waals surface area contributed by atoms with Crippen LogP contribution in [0.25, 0.3) is 0 Å². The topological polar surface area (TPSA) is 55.8 Å². The van der Waals surface area contributed by atoms with Crippen molar-refractivity contribution in [1.82, 2.24) is 0 Å². The highest BCUT2D eigenvalue weighted by Crippen LogP contribution is 2.49. The van der Waals surface area contributed by atoms with Crippen molar-refractivity contribution >= 4 is 5.97 Å². The quantitative estimate of drug-likeness (QED) is 0.895. The summed E-state index contributed by atoms with van der Waals surface area (Å²) in [4.78, 5) is 11.2. The molecule has 0 heterocycles. The summed E-state index contributed by atoms with van der Waals surface area (Å²) in [6, 6.07) is 5.29. The molecular weight excluding hydrogens is 232 g/mol. The van der Waals surface area contributed by atoms with E-state index in [0.717, 1.165) is 5.56 Å². The number of aliphatic carboxylic acids is 1. The van der Waals surface area contributed by atoms with E-state index in [1.54, 1.807) is 32.4 Å². The maximum atomic E-state index is 11.2. The summed E-state index contributed by atoms with van der Waals surface area (Å²) in [6.45, 7) is 4.00. The van der Waals surface area contributed by atoms with Gasteiger partial charge in [-0.3, -0.25) is 4.79 Å². The number of ether oxygens (including phenoxy) is 2. The normalized spacial score (nSPS) is 15.1. The van der Waals surface area contributed by atoms with E-state index in [0.29, 0.717) is 24.3 Å². The molecule has 1 aliphatic rings. The summed E-state index contributed by atoms with van der Waals surface area (Å²) in [7, 11) is 3.10. The first kappa shape index (κ1) is 14.4. The zero-order valence-electron chi connectivity index (χ0n) is 11.3. The number of carboxylic acid groups (broad SMARTS) is 1. The van der Waals surface area contributed by atoms with Crippen LogP contribution in [0.1, 0.15) is 32.3 Å². The summed E-state index contributed by atoms with van der Waals surface area (Å²) in [5.74, 6) is 0.430. The van der Waals surface area contributed by atoms with Gasteiger partial charge in [-0.05, 0) is 30.5 Å². The van der Waals surface area contributed by atoms with Gasteiger partial charge in [-0.15, -0.1) is 0 Å². The van der Waals surface area contributed by atoms with Crippen LogP contribution >= 0.6 is 0 Å². The van der Waals surface area contributed by atoms with E-state index < -0.39 is 11.4 Å². The predicted molar refractivity (Wildman–Crippen MR) is 69.4 cm³/mol. The number of hydrogen-bond acceptors (Lipinski definition) is 3. The zero-order valence-corrected chi connectivity index (χ0v) is 11.3. The molecule has 1 saturated carbocycles. The Morgan fingerprint density at radius 3 is 2.11 bits per heavy atom. The number of hydrogen-bond donors (Lipinski definition) is 1. The molecule has 0 radical (unpaired) electrons. The first-order valence-electron chi connectivity index (χ1n) is 6.10. The third-order valence-corrected chi connectivity index (χ3v) is 3.10. The van der Waals surface area contributed by atoms with Crippen LogP contribution in [0.15, 0.2) is 18.2 Å². The zero-order chi connectivity index (χ0) is 13.8. The van der Waals surface area contributed by atoms with Gasteiger partial charge in [-0.1, -0.05) is 19.9 Å². The Balaban J connectivity index is 0.000000771. The number of carbonyl (C=O) groups is 1. The maximum Gasteiger partial charge on any atom is 0.314 e. The molecule has 4 nitrogen and oxygen atoms in total. The fraction of sp³-hybridized carbons (Fsp3) is 0.500. The molecule has 1 aromatic carbocycles. The highest BCUT2D eigenvalue weighted by molar-refractivity contribution is 5.85. The Hall–Kier alpha value is -1.71. The lowest BCUT2D eigenvalue weighted by atomic mass is 9.96. The second kappa shape index (κ2) is 5.76. The first-order chi connectivity index (χ1) is 8.64. The lowest BCUT2D eigenvalue weighted by molar-refractivity contribution is -0.140. The molecule has 0 atom stereocenters. The molecule has 18 heavy (non-hydrogen) atoms. The minimum absolute atomic E-state index is 0.576. The van der Waals surface area contributed by atoms with Crippen molar-refractivity contribution in [2.24, 2.45) is 0 Å². The first-order valence-corrected chi connectivity index (χ1v) is 6.10. The van der Waals surface area contributed by atoms with E-state index in [9.17, 15) is 9.90 Å². The van der Waals surface area contributed by atoms with Crippen molar-refractivity contribution in [2.75, 3.05) is 14.2 Å². The van der Waals surface area contributed by atoms with Crippen LogP contribution in [0.4, 0.5) is 0 Å². The monoisotopic (exact) mass is 252 g/mol. The molecule has 100 valence electrons. The van der Waals surface area contributed by atoms with Crippen molar-refractivity contribution in [2.45, 2.75) is 32.1 Å². The highest BCUT2D eigenvalue weighted by atomic mass is 16.5. The summed E-state index contributed by atoms with van der Waals surface area (Å²) in [5, 5.41) is 9.18. The molecule has 1 aliphatic carbocycles. The summed E-state index contributed by atoms with van der Waals surface area (Å²) in [5.41, 5.74) is 0.0946. The largest absolute Gasteiger partial charge is 0.493 e. The van der Waals surface area contributed by atoms with Crippen molar-refractivity contribution in [3.05, 3.63) is 23.8 Å². The van der Waals surface area contributed by atoms with Crippen molar-refractivity contribution in [3.63, 3.8) is 0 Å². The third kappa shape index (κ3) is 2.42. The average Bonchev–Trinajstić information content (AvgIpc) is 3.21. The number of benzene rings is 1. The van der Waals surface area contributed by atoms with Crippen molar-refractivity contribution in [3.8, 4) is 11.5 Å². The van der Waals surface area contributed by atoms with Gasteiger partial charge >= 0.3 is 5.97 Å². The van der Waals surface area contributed by atoms with Crippen LogP contribution < -0.4 is 9.47 Å². The second-order valence-electron chi connectivity index (χ2n) is 3.96. The van der Waals surface area contributed by atoms with Crippen molar-refractivity contribution in [1.29, 1.82) is 0 Å². The molecule has 0 aromatic heterocycles. The van der Waals surface area contributed by atoms with Crippen LogP contribution in [0.3, 0.4) is 0 Å². The lowest BCUT2D eigenvalue weighted by Gasteiger charge is -2.13. The van der Waals surface area contributed by atoms with Gasteiger partial charge in [-0.2, -0.15) is 0 Å². The standard InChI is InChI=1S/C12H14O4.C2H6/c1-15-9-4-3-8(7-10(9)16-2)12(5-6-12)11(13)14;1-2/h3-4,7H,5-6H2,1-2H3,(H,13,14);1-2H3. The Morgan fingerprint density at radius 1 is 1.17 bits per heavy atom. The minimum Gasteiger partial charge on any atom is -0.493 e. The van der Waals surface area contributed by atoms with Gasteiger partial charge < -0.3 is 14.6 Å².